The molecule has 0 radical (unpaired) electrons. The van der Waals surface area contributed by atoms with Gasteiger partial charge in [-0.1, -0.05) is 30.7 Å². The highest BCUT2D eigenvalue weighted by atomic mass is 16.5. The van der Waals surface area contributed by atoms with Crippen molar-refractivity contribution in [2.75, 3.05) is 7.11 Å². The van der Waals surface area contributed by atoms with Crippen LogP contribution in [0.15, 0.2) is 24.3 Å². The van der Waals surface area contributed by atoms with E-state index in [-0.39, 0.29) is 11.9 Å². The summed E-state index contributed by atoms with van der Waals surface area (Å²) in [7, 11) is 1.66. The molecule has 0 N–H and O–H groups in total. The molecule has 2 fully saturated rings. The van der Waals surface area contributed by atoms with Crippen molar-refractivity contribution in [1.82, 2.24) is 0 Å². The van der Waals surface area contributed by atoms with Gasteiger partial charge in [-0.25, -0.2) is 0 Å². The van der Waals surface area contributed by atoms with Crippen molar-refractivity contribution in [2.24, 2.45) is 5.92 Å². The van der Waals surface area contributed by atoms with Gasteiger partial charge in [-0.15, -0.1) is 0 Å². The second kappa shape index (κ2) is 4.85. The van der Waals surface area contributed by atoms with Crippen molar-refractivity contribution >= 4 is 5.78 Å². The molecule has 2 nitrogen and oxygen atoms in total. The Morgan fingerprint density at radius 2 is 1.94 bits per heavy atom. The highest BCUT2D eigenvalue weighted by Gasteiger charge is 2.38. The maximum absolute atomic E-state index is 12.6. The minimum atomic E-state index is -0.216. The van der Waals surface area contributed by atoms with Crippen molar-refractivity contribution in [2.45, 2.75) is 44.1 Å². The van der Waals surface area contributed by atoms with Crippen LogP contribution in [0, 0.1) is 5.92 Å². The lowest BCUT2D eigenvalue weighted by molar-refractivity contribution is 0.0538. The number of ether oxygens (including phenoxy) is 1. The van der Waals surface area contributed by atoms with E-state index in [2.05, 4.69) is 6.07 Å². The van der Waals surface area contributed by atoms with Gasteiger partial charge < -0.3 is 4.74 Å². The summed E-state index contributed by atoms with van der Waals surface area (Å²) in [4.78, 5) is 12.6. The summed E-state index contributed by atoms with van der Waals surface area (Å²) in [5.41, 5.74) is 2.15. The number of methoxy groups -OCH3 is 1. The standard InChI is InChI=1S/C16H20O2/c1-18-16(12-9-10-12)15(17)14-8-3-2-7-13(14)11-5-4-6-11/h2-3,7-8,11-12,16H,4-6,9-10H2,1H3. The molecule has 3 rings (SSSR count). The van der Waals surface area contributed by atoms with Crippen molar-refractivity contribution in [3.8, 4) is 0 Å². The van der Waals surface area contributed by atoms with Crippen LogP contribution in [-0.2, 0) is 4.74 Å². The van der Waals surface area contributed by atoms with Crippen LogP contribution in [0.1, 0.15) is 53.9 Å². The summed E-state index contributed by atoms with van der Waals surface area (Å²) in [6.45, 7) is 0. The number of carbonyl (C=O) groups is 1. The predicted molar refractivity (Wildman–Crippen MR) is 70.9 cm³/mol. The number of benzene rings is 1. The number of hydrogen-bond acceptors (Lipinski definition) is 2. The Hall–Kier alpha value is -1.15. The van der Waals surface area contributed by atoms with E-state index in [1.807, 2.05) is 18.2 Å². The third-order valence-corrected chi connectivity index (χ3v) is 4.33. The smallest absolute Gasteiger partial charge is 0.192 e. The van der Waals surface area contributed by atoms with E-state index < -0.39 is 0 Å². The summed E-state index contributed by atoms with van der Waals surface area (Å²) in [5.74, 6) is 1.25. The Morgan fingerprint density at radius 3 is 2.50 bits per heavy atom. The number of Topliss-reactive ketones (excluding diaryl/α,β-unsaturated/α-hetero) is 1. The first-order valence-electron chi connectivity index (χ1n) is 6.97. The predicted octanol–water partition coefficient (Wildman–Crippen LogP) is 3.56. The Kier molecular flexibility index (Phi) is 3.21. The first kappa shape index (κ1) is 11.9. The monoisotopic (exact) mass is 244 g/mol. The van der Waals surface area contributed by atoms with Gasteiger partial charge in [0.05, 0.1) is 0 Å². The normalized spacial score (nSPS) is 21.4. The lowest BCUT2D eigenvalue weighted by Gasteiger charge is -2.28. The van der Waals surface area contributed by atoms with Gasteiger partial charge in [-0.3, -0.25) is 4.79 Å². The van der Waals surface area contributed by atoms with Gasteiger partial charge in [0.25, 0.3) is 0 Å². The Balaban J connectivity index is 1.87. The zero-order valence-corrected chi connectivity index (χ0v) is 10.9. The van der Waals surface area contributed by atoms with E-state index in [0.29, 0.717) is 11.8 Å². The van der Waals surface area contributed by atoms with Crippen LogP contribution >= 0.6 is 0 Å². The molecule has 1 unspecified atom stereocenters. The zero-order chi connectivity index (χ0) is 12.5. The highest BCUT2D eigenvalue weighted by Crippen LogP contribution is 2.40. The SMILES string of the molecule is COC(C(=O)c1ccccc1C1CCC1)C1CC1. The van der Waals surface area contributed by atoms with Crippen molar-refractivity contribution in [1.29, 1.82) is 0 Å². The molecule has 2 heteroatoms. The van der Waals surface area contributed by atoms with Crippen LogP contribution in [-0.4, -0.2) is 19.0 Å². The minimum absolute atomic E-state index is 0.197. The van der Waals surface area contributed by atoms with Gasteiger partial charge in [0.2, 0.25) is 0 Å². The van der Waals surface area contributed by atoms with Gasteiger partial charge in [0.15, 0.2) is 5.78 Å². The van der Waals surface area contributed by atoms with E-state index >= 15 is 0 Å². The van der Waals surface area contributed by atoms with Gasteiger partial charge in [0, 0.05) is 12.7 Å². The largest absolute Gasteiger partial charge is 0.373 e. The summed E-state index contributed by atoms with van der Waals surface area (Å²) in [5, 5.41) is 0. The number of carbonyl (C=O) groups excluding carboxylic acids is 1. The summed E-state index contributed by atoms with van der Waals surface area (Å²) >= 11 is 0. The van der Waals surface area contributed by atoms with Gasteiger partial charge >= 0.3 is 0 Å². The third-order valence-electron chi connectivity index (χ3n) is 4.33. The van der Waals surface area contributed by atoms with Crippen molar-refractivity contribution in [3.05, 3.63) is 35.4 Å². The summed E-state index contributed by atoms with van der Waals surface area (Å²) < 4.78 is 5.43. The molecule has 1 aromatic carbocycles. The summed E-state index contributed by atoms with van der Waals surface area (Å²) in [6, 6.07) is 8.11. The van der Waals surface area contributed by atoms with E-state index in [9.17, 15) is 4.79 Å². The molecule has 2 aliphatic rings. The van der Waals surface area contributed by atoms with Crippen LogP contribution in [0.3, 0.4) is 0 Å². The molecule has 2 aliphatic carbocycles. The third kappa shape index (κ3) is 2.10. The number of ketones is 1. The quantitative estimate of drug-likeness (QED) is 0.740. The molecule has 1 atom stereocenters. The minimum Gasteiger partial charge on any atom is -0.373 e. The maximum atomic E-state index is 12.6. The van der Waals surface area contributed by atoms with E-state index in [4.69, 9.17) is 4.74 Å². The second-order valence-corrected chi connectivity index (χ2v) is 5.57. The molecule has 1 aromatic rings. The van der Waals surface area contributed by atoms with Gasteiger partial charge in [-0.05, 0) is 43.1 Å². The molecule has 0 bridgehead atoms. The summed E-state index contributed by atoms with van der Waals surface area (Å²) in [6.07, 6.45) is 5.80. The van der Waals surface area contributed by atoms with Crippen LogP contribution < -0.4 is 0 Å². The Labute approximate surface area is 108 Å². The molecular formula is C16H20O2. The fourth-order valence-electron chi connectivity index (χ4n) is 2.86. The molecule has 18 heavy (non-hydrogen) atoms. The van der Waals surface area contributed by atoms with Crippen molar-refractivity contribution in [3.63, 3.8) is 0 Å². The van der Waals surface area contributed by atoms with E-state index in [1.54, 1.807) is 7.11 Å². The van der Waals surface area contributed by atoms with Crippen LogP contribution in [0.5, 0.6) is 0 Å². The second-order valence-electron chi connectivity index (χ2n) is 5.57. The fourth-order valence-corrected chi connectivity index (χ4v) is 2.86. The molecule has 0 amide bonds. The van der Waals surface area contributed by atoms with Crippen LogP contribution in [0.2, 0.25) is 0 Å². The van der Waals surface area contributed by atoms with Gasteiger partial charge in [-0.2, -0.15) is 0 Å². The first-order valence-corrected chi connectivity index (χ1v) is 6.97. The molecule has 96 valence electrons. The molecular weight excluding hydrogens is 224 g/mol. The molecule has 0 aromatic heterocycles. The molecule has 2 saturated carbocycles. The molecule has 0 aliphatic heterocycles. The topological polar surface area (TPSA) is 26.3 Å². The number of hydrogen-bond donors (Lipinski definition) is 0. The van der Waals surface area contributed by atoms with Crippen LogP contribution in [0.4, 0.5) is 0 Å². The lowest BCUT2D eigenvalue weighted by atomic mass is 9.77. The first-order chi connectivity index (χ1) is 8.81. The molecule has 0 spiro atoms. The van der Waals surface area contributed by atoms with Crippen LogP contribution in [0.25, 0.3) is 0 Å². The Morgan fingerprint density at radius 1 is 1.22 bits per heavy atom. The molecule has 0 saturated heterocycles. The average molecular weight is 244 g/mol. The average Bonchev–Trinajstić information content (AvgIpc) is 3.13. The molecule has 0 heterocycles. The highest BCUT2D eigenvalue weighted by molar-refractivity contribution is 6.01. The van der Waals surface area contributed by atoms with E-state index in [1.165, 1.54) is 24.8 Å². The Bertz CT molecular complexity index is 444. The number of rotatable bonds is 5. The van der Waals surface area contributed by atoms with Crippen molar-refractivity contribution < 1.29 is 9.53 Å². The lowest BCUT2D eigenvalue weighted by Crippen LogP contribution is -2.27. The zero-order valence-electron chi connectivity index (χ0n) is 10.9. The maximum Gasteiger partial charge on any atom is 0.192 e. The van der Waals surface area contributed by atoms with E-state index in [0.717, 1.165) is 18.4 Å². The van der Waals surface area contributed by atoms with Gasteiger partial charge in [0.1, 0.15) is 6.10 Å². The fraction of sp³-hybridized carbons (Fsp3) is 0.562.